The summed E-state index contributed by atoms with van der Waals surface area (Å²) in [5.74, 6) is 1.78. The first-order chi connectivity index (χ1) is 9.13. The molecule has 0 radical (unpaired) electrons. The van der Waals surface area contributed by atoms with E-state index in [-0.39, 0.29) is 0 Å². The van der Waals surface area contributed by atoms with Crippen molar-refractivity contribution in [3.63, 3.8) is 0 Å². The van der Waals surface area contributed by atoms with Gasteiger partial charge in [0, 0.05) is 38.3 Å². The Morgan fingerprint density at radius 1 is 1.16 bits per heavy atom. The van der Waals surface area contributed by atoms with Crippen molar-refractivity contribution in [1.82, 2.24) is 15.1 Å². The molecular formula is C16H33N3. The second kappa shape index (κ2) is 7.05. The van der Waals surface area contributed by atoms with Crippen LogP contribution in [-0.4, -0.2) is 61.7 Å². The maximum atomic E-state index is 3.56. The molecule has 3 nitrogen and oxygen atoms in total. The third-order valence-corrected chi connectivity index (χ3v) is 5.36. The van der Waals surface area contributed by atoms with Gasteiger partial charge in [0.2, 0.25) is 0 Å². The highest BCUT2D eigenvalue weighted by Gasteiger charge is 2.31. The lowest BCUT2D eigenvalue weighted by atomic mass is 9.78. The van der Waals surface area contributed by atoms with Gasteiger partial charge in [0.1, 0.15) is 0 Å². The minimum Gasteiger partial charge on any atom is -0.317 e. The van der Waals surface area contributed by atoms with Crippen LogP contribution < -0.4 is 5.32 Å². The fourth-order valence-corrected chi connectivity index (χ4v) is 4.12. The van der Waals surface area contributed by atoms with E-state index in [1.54, 1.807) is 0 Å². The molecule has 0 aromatic rings. The van der Waals surface area contributed by atoms with Gasteiger partial charge >= 0.3 is 0 Å². The Bertz CT molecular complexity index is 269. The lowest BCUT2D eigenvalue weighted by molar-refractivity contribution is 0.0615. The molecule has 0 aromatic heterocycles. The molecule has 2 fully saturated rings. The van der Waals surface area contributed by atoms with E-state index >= 15 is 0 Å². The van der Waals surface area contributed by atoms with E-state index in [4.69, 9.17) is 0 Å². The molecule has 4 unspecified atom stereocenters. The first-order valence-corrected chi connectivity index (χ1v) is 8.27. The Morgan fingerprint density at radius 3 is 2.58 bits per heavy atom. The Labute approximate surface area is 119 Å². The number of rotatable bonds is 4. The molecule has 3 heteroatoms. The van der Waals surface area contributed by atoms with Crippen LogP contribution in [0.5, 0.6) is 0 Å². The van der Waals surface area contributed by atoms with Crippen LogP contribution in [0, 0.1) is 11.8 Å². The van der Waals surface area contributed by atoms with Crippen molar-refractivity contribution in [3.8, 4) is 0 Å². The van der Waals surface area contributed by atoms with Gasteiger partial charge < -0.3 is 10.2 Å². The van der Waals surface area contributed by atoms with Crippen molar-refractivity contribution in [2.75, 3.05) is 39.8 Å². The van der Waals surface area contributed by atoms with E-state index in [1.807, 2.05) is 0 Å². The molecular weight excluding hydrogens is 234 g/mol. The molecule has 19 heavy (non-hydrogen) atoms. The second-order valence-corrected chi connectivity index (χ2v) is 6.81. The topological polar surface area (TPSA) is 18.5 Å². The van der Waals surface area contributed by atoms with Crippen LogP contribution in [0.4, 0.5) is 0 Å². The maximum Gasteiger partial charge on any atom is 0.0195 e. The van der Waals surface area contributed by atoms with Crippen molar-refractivity contribution >= 4 is 0 Å². The average molecular weight is 267 g/mol. The van der Waals surface area contributed by atoms with Crippen molar-refractivity contribution in [3.05, 3.63) is 0 Å². The summed E-state index contributed by atoms with van der Waals surface area (Å²) in [5, 5.41) is 3.56. The lowest BCUT2D eigenvalue weighted by Gasteiger charge is -2.43. The number of hydrogen-bond donors (Lipinski definition) is 1. The van der Waals surface area contributed by atoms with E-state index in [2.05, 4.69) is 42.9 Å². The Morgan fingerprint density at radius 2 is 1.95 bits per heavy atom. The number of nitrogens with one attached hydrogen (secondary N) is 1. The van der Waals surface area contributed by atoms with Crippen molar-refractivity contribution in [2.45, 2.75) is 52.1 Å². The fourth-order valence-electron chi connectivity index (χ4n) is 4.12. The molecule has 1 saturated carbocycles. The second-order valence-electron chi connectivity index (χ2n) is 6.81. The van der Waals surface area contributed by atoms with Gasteiger partial charge in [-0.3, -0.25) is 4.90 Å². The van der Waals surface area contributed by atoms with Gasteiger partial charge in [0.25, 0.3) is 0 Å². The van der Waals surface area contributed by atoms with Crippen LogP contribution in [0.15, 0.2) is 0 Å². The molecule has 0 spiro atoms. The zero-order valence-corrected chi connectivity index (χ0v) is 13.4. The van der Waals surface area contributed by atoms with Crippen LogP contribution in [0.2, 0.25) is 0 Å². The Kier molecular flexibility index (Phi) is 5.67. The molecule has 1 N–H and O–H groups in total. The van der Waals surface area contributed by atoms with Gasteiger partial charge in [-0.25, -0.2) is 0 Å². The monoisotopic (exact) mass is 267 g/mol. The van der Waals surface area contributed by atoms with E-state index in [0.717, 1.165) is 23.9 Å². The lowest BCUT2D eigenvalue weighted by Crippen LogP contribution is -2.54. The smallest absolute Gasteiger partial charge is 0.0195 e. The van der Waals surface area contributed by atoms with Gasteiger partial charge in [0.05, 0.1) is 0 Å². The zero-order valence-electron chi connectivity index (χ0n) is 13.4. The maximum absolute atomic E-state index is 3.56. The summed E-state index contributed by atoms with van der Waals surface area (Å²) >= 11 is 0. The average Bonchev–Trinajstić information content (AvgIpc) is 2.39. The van der Waals surface area contributed by atoms with Crippen molar-refractivity contribution < 1.29 is 0 Å². The van der Waals surface area contributed by atoms with Gasteiger partial charge in [-0.1, -0.05) is 13.8 Å². The van der Waals surface area contributed by atoms with Crippen molar-refractivity contribution in [2.24, 2.45) is 11.8 Å². The molecule has 112 valence electrons. The van der Waals surface area contributed by atoms with Crippen LogP contribution in [-0.2, 0) is 0 Å². The summed E-state index contributed by atoms with van der Waals surface area (Å²) in [6, 6.07) is 1.48. The minimum absolute atomic E-state index is 0.729. The normalized spacial score (nSPS) is 38.5. The van der Waals surface area contributed by atoms with Gasteiger partial charge in [0.15, 0.2) is 0 Å². The zero-order chi connectivity index (χ0) is 13.8. The summed E-state index contributed by atoms with van der Waals surface area (Å²) in [7, 11) is 2.14. The molecule has 0 aromatic carbocycles. The molecule has 1 heterocycles. The van der Waals surface area contributed by atoms with E-state index < -0.39 is 0 Å². The van der Waals surface area contributed by atoms with Crippen LogP contribution in [0.25, 0.3) is 0 Å². The van der Waals surface area contributed by atoms with Crippen LogP contribution in [0.3, 0.4) is 0 Å². The highest BCUT2D eigenvalue weighted by molar-refractivity contribution is 4.87. The number of nitrogens with zero attached hydrogens (tertiary/aromatic N) is 2. The summed E-state index contributed by atoms with van der Waals surface area (Å²) in [5.41, 5.74) is 0. The summed E-state index contributed by atoms with van der Waals surface area (Å²) in [6.07, 6.45) is 4.18. The predicted molar refractivity (Wildman–Crippen MR) is 82.5 cm³/mol. The summed E-state index contributed by atoms with van der Waals surface area (Å²) < 4.78 is 0. The highest BCUT2D eigenvalue weighted by Crippen LogP contribution is 2.30. The van der Waals surface area contributed by atoms with E-state index in [9.17, 15) is 0 Å². The number of hydrogen-bond acceptors (Lipinski definition) is 3. The largest absolute Gasteiger partial charge is 0.317 e. The quantitative estimate of drug-likeness (QED) is 0.841. The number of likely N-dealkylation sites (N-methyl/N-ethyl adjacent to an activating group) is 1. The van der Waals surface area contributed by atoms with Gasteiger partial charge in [-0.05, 0) is 51.6 Å². The van der Waals surface area contributed by atoms with E-state index in [0.29, 0.717) is 0 Å². The van der Waals surface area contributed by atoms with Gasteiger partial charge in [-0.2, -0.15) is 0 Å². The SMILES string of the molecule is CCN1CCN(CC2CC(C)CCC2NC)CC1C. The Hall–Kier alpha value is -0.120. The van der Waals surface area contributed by atoms with Crippen LogP contribution >= 0.6 is 0 Å². The van der Waals surface area contributed by atoms with Crippen LogP contribution in [0.1, 0.15) is 40.0 Å². The fraction of sp³-hybridized carbons (Fsp3) is 1.00. The minimum atomic E-state index is 0.729. The number of piperazine rings is 1. The molecule has 2 aliphatic rings. The molecule has 4 atom stereocenters. The molecule has 1 aliphatic carbocycles. The molecule has 2 rings (SSSR count). The standard InChI is InChI=1S/C16H33N3/c1-5-19-9-8-18(11-14(19)3)12-15-10-13(2)6-7-16(15)17-4/h13-17H,5-12H2,1-4H3. The molecule has 1 saturated heterocycles. The molecule has 1 aliphatic heterocycles. The van der Waals surface area contributed by atoms with E-state index in [1.165, 1.54) is 52.0 Å². The third-order valence-electron chi connectivity index (χ3n) is 5.36. The third kappa shape index (κ3) is 3.93. The predicted octanol–water partition coefficient (Wildman–Crippen LogP) is 2.04. The summed E-state index contributed by atoms with van der Waals surface area (Å²) in [4.78, 5) is 5.32. The van der Waals surface area contributed by atoms with Crippen molar-refractivity contribution in [1.29, 1.82) is 0 Å². The first-order valence-electron chi connectivity index (χ1n) is 8.27. The summed E-state index contributed by atoms with van der Waals surface area (Å²) in [6.45, 7) is 13.4. The Balaban J connectivity index is 1.85. The van der Waals surface area contributed by atoms with Gasteiger partial charge in [-0.15, -0.1) is 0 Å². The first kappa shape index (κ1) is 15.3. The highest BCUT2D eigenvalue weighted by atomic mass is 15.3. The molecule has 0 bridgehead atoms. The molecule has 0 amide bonds.